The molecule has 1 aromatic carbocycles. The molecule has 0 saturated heterocycles. The first kappa shape index (κ1) is 18.0. The Bertz CT molecular complexity index is 629. The molecule has 1 fully saturated rings. The average Bonchev–Trinajstić information content (AvgIpc) is 2.83. The number of nitrogens with one attached hydrogen (secondary N) is 1. The van der Waals surface area contributed by atoms with Crippen molar-refractivity contribution in [1.29, 1.82) is 0 Å². The Morgan fingerprint density at radius 2 is 2.08 bits per heavy atom. The Balaban J connectivity index is 2.08. The number of nitro benzene ring substituents is 1. The van der Waals surface area contributed by atoms with Gasteiger partial charge in [-0.2, -0.15) is 0 Å². The lowest BCUT2D eigenvalue weighted by atomic mass is 10.2. The van der Waals surface area contributed by atoms with Gasteiger partial charge in [0.2, 0.25) is 0 Å². The molecule has 1 amide bonds. The molecule has 0 aromatic heterocycles. The minimum absolute atomic E-state index is 0.136. The predicted octanol–water partition coefficient (Wildman–Crippen LogP) is 3.56. The van der Waals surface area contributed by atoms with E-state index < -0.39 is 28.5 Å². The van der Waals surface area contributed by atoms with E-state index in [4.69, 9.17) is 9.47 Å². The Morgan fingerprint density at radius 1 is 1.38 bits per heavy atom. The van der Waals surface area contributed by atoms with E-state index in [9.17, 15) is 19.3 Å². The standard InChI is InChI=1S/C16H21FN2O5/c1-16(2,3)24-15(20)18-11-5-4-6-13(11)23-14-9-10(17)7-8-12(14)19(21)22/h7-9,11,13H,4-6H2,1-3H3,(H,18,20)/t11-,13-/m0/s1. The normalized spacial score (nSPS) is 20.5. The summed E-state index contributed by atoms with van der Waals surface area (Å²) in [6, 6.07) is 2.72. The van der Waals surface area contributed by atoms with Crippen molar-refractivity contribution in [2.45, 2.75) is 57.8 Å². The van der Waals surface area contributed by atoms with E-state index >= 15 is 0 Å². The molecule has 1 aliphatic rings. The number of nitro groups is 1. The van der Waals surface area contributed by atoms with Gasteiger partial charge in [-0.3, -0.25) is 10.1 Å². The zero-order valence-corrected chi connectivity index (χ0v) is 13.9. The van der Waals surface area contributed by atoms with Gasteiger partial charge in [-0.05, 0) is 46.1 Å². The van der Waals surface area contributed by atoms with Gasteiger partial charge in [-0.15, -0.1) is 0 Å². The van der Waals surface area contributed by atoms with Crippen LogP contribution >= 0.6 is 0 Å². The maximum absolute atomic E-state index is 13.4. The Hall–Kier alpha value is -2.38. The van der Waals surface area contributed by atoms with Crippen LogP contribution in [0.1, 0.15) is 40.0 Å². The Labute approximate surface area is 139 Å². The molecule has 0 heterocycles. The van der Waals surface area contributed by atoms with Crippen molar-refractivity contribution >= 4 is 11.8 Å². The van der Waals surface area contributed by atoms with Crippen LogP contribution in [-0.2, 0) is 4.74 Å². The van der Waals surface area contributed by atoms with E-state index in [-0.39, 0.29) is 17.5 Å². The number of ether oxygens (including phenoxy) is 2. The van der Waals surface area contributed by atoms with Gasteiger partial charge in [0.1, 0.15) is 17.5 Å². The predicted molar refractivity (Wildman–Crippen MR) is 84.5 cm³/mol. The second-order valence-electron chi connectivity index (χ2n) is 6.71. The topological polar surface area (TPSA) is 90.7 Å². The van der Waals surface area contributed by atoms with Crippen LogP contribution in [0.2, 0.25) is 0 Å². The van der Waals surface area contributed by atoms with Gasteiger partial charge in [0, 0.05) is 12.1 Å². The van der Waals surface area contributed by atoms with Crippen molar-refractivity contribution < 1.29 is 23.6 Å². The van der Waals surface area contributed by atoms with E-state index in [1.807, 2.05) is 0 Å². The minimum atomic E-state index is -0.625. The van der Waals surface area contributed by atoms with Crippen LogP contribution in [0.25, 0.3) is 0 Å². The molecule has 0 aliphatic heterocycles. The van der Waals surface area contributed by atoms with Crippen LogP contribution in [0, 0.1) is 15.9 Å². The molecular weight excluding hydrogens is 319 g/mol. The van der Waals surface area contributed by atoms with Crippen molar-refractivity contribution in [2.24, 2.45) is 0 Å². The van der Waals surface area contributed by atoms with Crippen molar-refractivity contribution in [1.82, 2.24) is 5.32 Å². The lowest BCUT2D eigenvalue weighted by Crippen LogP contribution is -2.44. The van der Waals surface area contributed by atoms with Crippen LogP contribution in [0.5, 0.6) is 5.75 Å². The quantitative estimate of drug-likeness (QED) is 0.668. The maximum atomic E-state index is 13.4. The molecule has 0 unspecified atom stereocenters. The van der Waals surface area contributed by atoms with Gasteiger partial charge in [0.25, 0.3) is 0 Å². The fourth-order valence-corrected chi connectivity index (χ4v) is 2.59. The molecule has 24 heavy (non-hydrogen) atoms. The second-order valence-corrected chi connectivity index (χ2v) is 6.71. The molecular formula is C16H21FN2O5. The van der Waals surface area contributed by atoms with Crippen molar-refractivity contribution in [3.8, 4) is 5.75 Å². The van der Waals surface area contributed by atoms with Gasteiger partial charge < -0.3 is 14.8 Å². The number of hydrogen-bond donors (Lipinski definition) is 1. The van der Waals surface area contributed by atoms with Crippen molar-refractivity contribution in [3.05, 3.63) is 34.1 Å². The Morgan fingerprint density at radius 3 is 2.71 bits per heavy atom. The molecule has 1 aromatic rings. The number of carbonyl (C=O) groups excluding carboxylic acids is 1. The summed E-state index contributed by atoms with van der Waals surface area (Å²) in [5.41, 5.74) is -0.931. The molecule has 1 N–H and O–H groups in total. The summed E-state index contributed by atoms with van der Waals surface area (Å²) in [6.07, 6.45) is 1.00. The van der Waals surface area contributed by atoms with Crippen molar-refractivity contribution in [3.63, 3.8) is 0 Å². The summed E-state index contributed by atoms with van der Waals surface area (Å²) in [7, 11) is 0. The number of rotatable bonds is 4. The molecule has 1 aliphatic carbocycles. The zero-order chi connectivity index (χ0) is 17.9. The lowest BCUT2D eigenvalue weighted by Gasteiger charge is -2.25. The number of benzene rings is 1. The summed E-state index contributed by atoms with van der Waals surface area (Å²) in [5.74, 6) is -0.756. The zero-order valence-electron chi connectivity index (χ0n) is 13.9. The highest BCUT2D eigenvalue weighted by Gasteiger charge is 2.33. The SMILES string of the molecule is CC(C)(C)OC(=O)N[C@H]1CCC[C@@H]1Oc1cc(F)ccc1[N+](=O)[O-]. The van der Waals surface area contributed by atoms with E-state index in [1.54, 1.807) is 20.8 Å². The highest BCUT2D eigenvalue weighted by Crippen LogP contribution is 2.32. The molecule has 0 spiro atoms. The third-order valence-electron chi connectivity index (χ3n) is 3.55. The number of carbonyl (C=O) groups is 1. The van der Waals surface area contributed by atoms with E-state index in [1.165, 1.54) is 0 Å². The van der Waals surface area contributed by atoms with Crippen LogP contribution in [0.15, 0.2) is 18.2 Å². The summed E-state index contributed by atoms with van der Waals surface area (Å²) < 4.78 is 24.2. The first-order chi connectivity index (χ1) is 11.2. The average molecular weight is 340 g/mol. The van der Waals surface area contributed by atoms with Crippen LogP contribution in [-0.4, -0.2) is 28.8 Å². The number of hydrogen-bond acceptors (Lipinski definition) is 5. The molecule has 0 bridgehead atoms. The third kappa shape index (κ3) is 4.81. The molecule has 7 nitrogen and oxygen atoms in total. The Kier molecular flexibility index (Phi) is 5.26. The first-order valence-electron chi connectivity index (χ1n) is 7.76. The molecule has 2 rings (SSSR count). The first-order valence-corrected chi connectivity index (χ1v) is 7.76. The van der Waals surface area contributed by atoms with Gasteiger partial charge in [-0.1, -0.05) is 0 Å². The maximum Gasteiger partial charge on any atom is 0.408 e. The smallest absolute Gasteiger partial charge is 0.408 e. The largest absolute Gasteiger partial charge is 0.481 e. The van der Waals surface area contributed by atoms with Gasteiger partial charge in [0.15, 0.2) is 5.75 Å². The molecule has 0 radical (unpaired) electrons. The number of halogens is 1. The van der Waals surface area contributed by atoms with Gasteiger partial charge >= 0.3 is 11.8 Å². The minimum Gasteiger partial charge on any atom is -0.481 e. The summed E-state index contributed by atoms with van der Waals surface area (Å²) in [4.78, 5) is 22.3. The van der Waals surface area contributed by atoms with Crippen LogP contribution < -0.4 is 10.1 Å². The summed E-state index contributed by atoms with van der Waals surface area (Å²) >= 11 is 0. The van der Waals surface area contributed by atoms with E-state index in [0.717, 1.165) is 24.6 Å². The molecule has 132 valence electrons. The molecule has 8 heteroatoms. The van der Waals surface area contributed by atoms with E-state index in [0.29, 0.717) is 12.8 Å². The fourth-order valence-electron chi connectivity index (χ4n) is 2.59. The van der Waals surface area contributed by atoms with E-state index in [2.05, 4.69) is 5.32 Å². The summed E-state index contributed by atoms with van der Waals surface area (Å²) in [6.45, 7) is 5.27. The molecule has 1 saturated carbocycles. The lowest BCUT2D eigenvalue weighted by molar-refractivity contribution is -0.386. The number of amides is 1. The molecule has 2 atom stereocenters. The highest BCUT2D eigenvalue weighted by atomic mass is 19.1. The third-order valence-corrected chi connectivity index (χ3v) is 3.55. The highest BCUT2D eigenvalue weighted by molar-refractivity contribution is 5.68. The van der Waals surface area contributed by atoms with Gasteiger partial charge in [-0.25, -0.2) is 9.18 Å². The second kappa shape index (κ2) is 7.02. The van der Waals surface area contributed by atoms with Crippen LogP contribution in [0.4, 0.5) is 14.9 Å². The fraction of sp³-hybridized carbons (Fsp3) is 0.562. The monoisotopic (exact) mass is 340 g/mol. The van der Waals surface area contributed by atoms with Crippen LogP contribution in [0.3, 0.4) is 0 Å². The van der Waals surface area contributed by atoms with Gasteiger partial charge in [0.05, 0.1) is 11.0 Å². The number of alkyl carbamates (subject to hydrolysis) is 1. The van der Waals surface area contributed by atoms with Crippen molar-refractivity contribution in [2.75, 3.05) is 0 Å². The number of nitrogens with zero attached hydrogens (tertiary/aromatic N) is 1. The summed E-state index contributed by atoms with van der Waals surface area (Å²) in [5, 5.41) is 13.8.